The predicted octanol–water partition coefficient (Wildman–Crippen LogP) is 2.05. The quantitative estimate of drug-likeness (QED) is 0.723. The van der Waals surface area contributed by atoms with Crippen LogP contribution in [0.2, 0.25) is 0 Å². The number of benzene rings is 2. The van der Waals surface area contributed by atoms with E-state index in [0.717, 1.165) is 18.7 Å². The smallest absolute Gasteiger partial charge is 0.262 e. The van der Waals surface area contributed by atoms with Crippen LogP contribution in [-0.4, -0.2) is 34.0 Å². The standard InChI is InChI=1S/C19H23N3O3S/c1-13-3-4-14(2)18(9-13)26(24,25)22-17-7-5-16(6-8-17)19(23)21-12-15-10-20-11-15/h3-9,15,20,22H,10-12H2,1-2H3,(H,21,23). The molecule has 3 rings (SSSR count). The van der Waals surface area contributed by atoms with Crippen molar-refractivity contribution in [3.8, 4) is 0 Å². The molecule has 3 N–H and O–H groups in total. The minimum absolute atomic E-state index is 0.152. The number of hydrogen-bond donors (Lipinski definition) is 3. The van der Waals surface area contributed by atoms with Gasteiger partial charge in [-0.3, -0.25) is 9.52 Å². The van der Waals surface area contributed by atoms with Gasteiger partial charge in [0.25, 0.3) is 15.9 Å². The second-order valence-electron chi connectivity index (χ2n) is 6.69. The van der Waals surface area contributed by atoms with E-state index in [1.165, 1.54) is 0 Å². The zero-order valence-electron chi connectivity index (χ0n) is 14.9. The van der Waals surface area contributed by atoms with Gasteiger partial charge in [-0.25, -0.2) is 8.42 Å². The first-order valence-corrected chi connectivity index (χ1v) is 10.0. The molecule has 2 aromatic rings. The Kier molecular flexibility index (Phi) is 5.29. The van der Waals surface area contributed by atoms with Crippen molar-refractivity contribution in [1.29, 1.82) is 0 Å². The lowest BCUT2D eigenvalue weighted by atomic mass is 10.0. The van der Waals surface area contributed by atoms with Gasteiger partial charge >= 0.3 is 0 Å². The molecule has 0 unspecified atom stereocenters. The maximum Gasteiger partial charge on any atom is 0.262 e. The first-order valence-electron chi connectivity index (χ1n) is 8.54. The summed E-state index contributed by atoms with van der Waals surface area (Å²) in [4.78, 5) is 12.4. The largest absolute Gasteiger partial charge is 0.352 e. The van der Waals surface area contributed by atoms with Crippen LogP contribution in [0, 0.1) is 19.8 Å². The third kappa shape index (κ3) is 4.23. The first-order chi connectivity index (χ1) is 12.3. The molecule has 0 saturated carbocycles. The fourth-order valence-corrected chi connectivity index (χ4v) is 4.12. The molecule has 0 bridgehead atoms. The van der Waals surface area contributed by atoms with Crippen LogP contribution < -0.4 is 15.4 Å². The Labute approximate surface area is 154 Å². The van der Waals surface area contributed by atoms with Crippen LogP contribution in [0.15, 0.2) is 47.4 Å². The van der Waals surface area contributed by atoms with Crippen molar-refractivity contribution in [3.05, 3.63) is 59.2 Å². The van der Waals surface area contributed by atoms with Crippen LogP contribution in [0.25, 0.3) is 0 Å². The van der Waals surface area contributed by atoms with Gasteiger partial charge in [0.2, 0.25) is 0 Å². The number of hydrogen-bond acceptors (Lipinski definition) is 4. The summed E-state index contributed by atoms with van der Waals surface area (Å²) in [6.45, 7) is 6.12. The minimum atomic E-state index is -3.67. The van der Waals surface area contributed by atoms with Crippen molar-refractivity contribution in [3.63, 3.8) is 0 Å². The van der Waals surface area contributed by atoms with Crippen molar-refractivity contribution in [1.82, 2.24) is 10.6 Å². The molecule has 0 radical (unpaired) electrons. The normalized spacial score (nSPS) is 14.5. The van der Waals surface area contributed by atoms with Crippen molar-refractivity contribution < 1.29 is 13.2 Å². The Bertz CT molecular complexity index is 904. The molecular formula is C19H23N3O3S. The summed E-state index contributed by atoms with van der Waals surface area (Å²) in [5.74, 6) is 0.337. The molecule has 0 atom stereocenters. The van der Waals surface area contributed by atoms with Gasteiger partial charge in [0.05, 0.1) is 4.90 Å². The minimum Gasteiger partial charge on any atom is -0.352 e. The predicted molar refractivity (Wildman–Crippen MR) is 102 cm³/mol. The van der Waals surface area contributed by atoms with Crippen LogP contribution in [0.5, 0.6) is 0 Å². The molecule has 0 aromatic heterocycles. The van der Waals surface area contributed by atoms with E-state index in [9.17, 15) is 13.2 Å². The number of anilines is 1. The summed E-state index contributed by atoms with van der Waals surface area (Å²) in [6, 6.07) is 11.8. The van der Waals surface area contributed by atoms with Crippen LogP contribution in [0.4, 0.5) is 5.69 Å². The average molecular weight is 373 g/mol. The molecule has 0 aliphatic carbocycles. The van der Waals surface area contributed by atoms with Crippen LogP contribution in [-0.2, 0) is 10.0 Å². The Morgan fingerprint density at radius 3 is 2.42 bits per heavy atom. The SMILES string of the molecule is Cc1ccc(C)c(S(=O)(=O)Nc2ccc(C(=O)NCC3CNC3)cc2)c1. The lowest BCUT2D eigenvalue weighted by Gasteiger charge is -2.27. The van der Waals surface area contributed by atoms with E-state index in [1.54, 1.807) is 43.3 Å². The highest BCUT2D eigenvalue weighted by atomic mass is 32.2. The van der Waals surface area contributed by atoms with Crippen molar-refractivity contribution in [2.75, 3.05) is 24.4 Å². The van der Waals surface area contributed by atoms with E-state index >= 15 is 0 Å². The van der Waals surface area contributed by atoms with E-state index < -0.39 is 10.0 Å². The molecule has 2 aromatic carbocycles. The van der Waals surface area contributed by atoms with Gasteiger partial charge in [-0.15, -0.1) is 0 Å². The fraction of sp³-hybridized carbons (Fsp3) is 0.316. The van der Waals surface area contributed by atoms with Gasteiger partial charge in [0.15, 0.2) is 0 Å². The highest BCUT2D eigenvalue weighted by Crippen LogP contribution is 2.21. The van der Waals surface area contributed by atoms with Gasteiger partial charge in [0, 0.05) is 36.8 Å². The summed E-state index contributed by atoms with van der Waals surface area (Å²) in [5, 5.41) is 6.05. The van der Waals surface area contributed by atoms with Crippen LogP contribution in [0.1, 0.15) is 21.5 Å². The van der Waals surface area contributed by atoms with E-state index in [-0.39, 0.29) is 10.8 Å². The van der Waals surface area contributed by atoms with Gasteiger partial charge in [-0.2, -0.15) is 0 Å². The van der Waals surface area contributed by atoms with Crippen LogP contribution in [0.3, 0.4) is 0 Å². The Morgan fingerprint density at radius 2 is 1.81 bits per heavy atom. The third-order valence-electron chi connectivity index (χ3n) is 4.45. The second-order valence-corrected chi connectivity index (χ2v) is 8.34. The fourth-order valence-electron chi connectivity index (χ4n) is 2.73. The number of carbonyl (C=O) groups excluding carboxylic acids is 1. The maximum absolute atomic E-state index is 12.6. The summed E-state index contributed by atoms with van der Waals surface area (Å²) >= 11 is 0. The summed E-state index contributed by atoms with van der Waals surface area (Å²) in [6.07, 6.45) is 0. The summed E-state index contributed by atoms with van der Waals surface area (Å²) < 4.78 is 27.8. The Balaban J connectivity index is 1.68. The third-order valence-corrected chi connectivity index (χ3v) is 5.97. The lowest BCUT2D eigenvalue weighted by molar-refractivity contribution is 0.0942. The first kappa shape index (κ1) is 18.4. The van der Waals surface area contributed by atoms with Crippen molar-refractivity contribution in [2.24, 2.45) is 5.92 Å². The molecule has 1 aliphatic rings. The Hall–Kier alpha value is -2.38. The van der Waals surface area contributed by atoms with Gasteiger partial charge in [0.1, 0.15) is 0 Å². The van der Waals surface area contributed by atoms with Crippen molar-refractivity contribution >= 4 is 21.6 Å². The molecule has 1 amide bonds. The zero-order valence-corrected chi connectivity index (χ0v) is 15.7. The number of carbonyl (C=O) groups is 1. The number of rotatable bonds is 6. The zero-order chi connectivity index (χ0) is 18.7. The summed E-state index contributed by atoms with van der Waals surface area (Å²) in [7, 11) is -3.67. The number of aryl methyl sites for hydroxylation is 2. The van der Waals surface area contributed by atoms with Gasteiger partial charge in [-0.05, 0) is 55.3 Å². The molecule has 1 heterocycles. The molecule has 26 heavy (non-hydrogen) atoms. The number of sulfonamides is 1. The maximum atomic E-state index is 12.6. The molecule has 1 aliphatic heterocycles. The lowest BCUT2D eigenvalue weighted by Crippen LogP contribution is -2.48. The van der Waals surface area contributed by atoms with E-state index in [4.69, 9.17) is 0 Å². The molecule has 1 fully saturated rings. The molecule has 7 heteroatoms. The summed E-state index contributed by atoms with van der Waals surface area (Å²) in [5.41, 5.74) is 2.49. The second kappa shape index (κ2) is 7.47. The average Bonchev–Trinajstić information content (AvgIpc) is 2.55. The number of nitrogens with one attached hydrogen (secondary N) is 3. The highest BCUT2D eigenvalue weighted by Gasteiger charge is 2.19. The van der Waals surface area contributed by atoms with E-state index in [1.807, 2.05) is 13.0 Å². The topological polar surface area (TPSA) is 87.3 Å². The van der Waals surface area contributed by atoms with E-state index in [2.05, 4.69) is 15.4 Å². The molecule has 1 saturated heterocycles. The van der Waals surface area contributed by atoms with Gasteiger partial charge < -0.3 is 10.6 Å². The molecular weight excluding hydrogens is 350 g/mol. The monoisotopic (exact) mass is 373 g/mol. The molecule has 6 nitrogen and oxygen atoms in total. The van der Waals surface area contributed by atoms with Gasteiger partial charge in [-0.1, -0.05) is 12.1 Å². The van der Waals surface area contributed by atoms with Crippen LogP contribution >= 0.6 is 0 Å². The van der Waals surface area contributed by atoms with Crippen molar-refractivity contribution in [2.45, 2.75) is 18.7 Å². The molecule has 0 spiro atoms. The number of amides is 1. The Morgan fingerprint density at radius 1 is 1.12 bits per heavy atom. The van der Waals surface area contributed by atoms with E-state index in [0.29, 0.717) is 29.3 Å². The molecule has 138 valence electrons. The highest BCUT2D eigenvalue weighted by molar-refractivity contribution is 7.92.